The molecular formula is C21H28FN5O. The number of carbonyl (C=O) groups is 1. The smallest absolute Gasteiger partial charge is 0.227 e. The summed E-state index contributed by atoms with van der Waals surface area (Å²) >= 11 is 0. The Morgan fingerprint density at radius 1 is 1.36 bits per heavy atom. The second-order valence-electron chi connectivity index (χ2n) is 7.85. The van der Waals surface area contributed by atoms with Gasteiger partial charge in [-0.25, -0.2) is 9.37 Å². The Morgan fingerprint density at radius 3 is 3.04 bits per heavy atom. The zero-order valence-corrected chi connectivity index (χ0v) is 16.4. The van der Waals surface area contributed by atoms with E-state index in [2.05, 4.69) is 15.2 Å². The van der Waals surface area contributed by atoms with E-state index in [4.69, 9.17) is 0 Å². The predicted octanol–water partition coefficient (Wildman–Crippen LogP) is 1.94. The molecule has 1 amide bonds. The van der Waals surface area contributed by atoms with Crippen LogP contribution >= 0.6 is 0 Å². The number of amides is 1. The predicted molar refractivity (Wildman–Crippen MR) is 105 cm³/mol. The summed E-state index contributed by atoms with van der Waals surface area (Å²) in [6.45, 7) is 4.61. The molecule has 0 aliphatic carbocycles. The van der Waals surface area contributed by atoms with E-state index in [1.165, 1.54) is 6.07 Å². The first-order valence-electron chi connectivity index (χ1n) is 10.1. The molecule has 1 N–H and O–H groups in total. The average Bonchev–Trinajstić information content (AvgIpc) is 3.13. The van der Waals surface area contributed by atoms with Crippen LogP contribution in [0.4, 0.5) is 4.39 Å². The van der Waals surface area contributed by atoms with Crippen LogP contribution in [0.15, 0.2) is 36.7 Å². The SMILES string of the molecule is Cn1ccnc1C1CNCCN1C(=O)C1CCCN(Cc2cccc(F)c2)C1. The molecule has 0 bridgehead atoms. The third-order valence-electron chi connectivity index (χ3n) is 5.83. The fourth-order valence-corrected chi connectivity index (χ4v) is 4.43. The number of aromatic nitrogens is 2. The number of hydrogen-bond donors (Lipinski definition) is 1. The fourth-order valence-electron chi connectivity index (χ4n) is 4.43. The summed E-state index contributed by atoms with van der Waals surface area (Å²) in [5.74, 6) is 0.926. The van der Waals surface area contributed by atoms with Gasteiger partial charge in [-0.15, -0.1) is 0 Å². The third-order valence-corrected chi connectivity index (χ3v) is 5.83. The summed E-state index contributed by atoms with van der Waals surface area (Å²) in [4.78, 5) is 22.2. The number of nitrogens with zero attached hydrogens (tertiary/aromatic N) is 4. The number of piperazine rings is 1. The second-order valence-corrected chi connectivity index (χ2v) is 7.85. The molecule has 2 saturated heterocycles. The summed E-state index contributed by atoms with van der Waals surface area (Å²) in [6, 6.07) is 6.71. The van der Waals surface area contributed by atoms with Crippen LogP contribution in [0, 0.1) is 11.7 Å². The van der Waals surface area contributed by atoms with Crippen molar-refractivity contribution in [2.75, 3.05) is 32.7 Å². The molecular weight excluding hydrogens is 357 g/mol. The van der Waals surface area contributed by atoms with Gasteiger partial charge in [-0.2, -0.15) is 0 Å². The molecule has 4 rings (SSSR count). The first-order valence-corrected chi connectivity index (χ1v) is 10.1. The van der Waals surface area contributed by atoms with Gasteiger partial charge in [0, 0.05) is 52.2 Å². The molecule has 0 saturated carbocycles. The molecule has 6 nitrogen and oxygen atoms in total. The minimum Gasteiger partial charge on any atom is -0.336 e. The highest BCUT2D eigenvalue weighted by molar-refractivity contribution is 5.79. The van der Waals surface area contributed by atoms with Crippen molar-refractivity contribution in [3.8, 4) is 0 Å². The maximum absolute atomic E-state index is 13.5. The number of rotatable bonds is 4. The van der Waals surface area contributed by atoms with Gasteiger partial charge in [0.05, 0.1) is 5.92 Å². The lowest BCUT2D eigenvalue weighted by molar-refractivity contribution is -0.141. The van der Waals surface area contributed by atoms with Crippen LogP contribution in [0.5, 0.6) is 0 Å². The molecule has 1 aromatic carbocycles. The molecule has 28 heavy (non-hydrogen) atoms. The monoisotopic (exact) mass is 385 g/mol. The molecule has 1 aromatic heterocycles. The number of carbonyl (C=O) groups excluding carboxylic acids is 1. The minimum absolute atomic E-state index is 0.0109. The molecule has 3 heterocycles. The number of imidazole rings is 1. The lowest BCUT2D eigenvalue weighted by Gasteiger charge is -2.40. The van der Waals surface area contributed by atoms with E-state index in [1.54, 1.807) is 18.3 Å². The van der Waals surface area contributed by atoms with E-state index in [-0.39, 0.29) is 23.7 Å². The number of benzene rings is 1. The quantitative estimate of drug-likeness (QED) is 0.874. The number of piperidine rings is 1. The first-order chi connectivity index (χ1) is 13.6. The summed E-state index contributed by atoms with van der Waals surface area (Å²) in [6.07, 6.45) is 5.61. The normalized spacial score (nSPS) is 23.7. The van der Waals surface area contributed by atoms with Crippen molar-refractivity contribution < 1.29 is 9.18 Å². The Bertz CT molecular complexity index is 823. The Labute approximate surface area is 165 Å². The zero-order chi connectivity index (χ0) is 19.5. The minimum atomic E-state index is -0.208. The third kappa shape index (κ3) is 4.10. The molecule has 7 heteroatoms. The van der Waals surface area contributed by atoms with Crippen molar-refractivity contribution >= 4 is 5.91 Å². The molecule has 2 aliphatic rings. The Kier molecular flexibility index (Phi) is 5.73. The standard InChI is InChI=1S/C21H28FN5O/c1-25-10-8-24-20(25)19-13-23-7-11-27(19)21(28)17-5-3-9-26(15-17)14-16-4-2-6-18(22)12-16/h2,4,6,8,10,12,17,19,23H,3,5,7,9,11,13-15H2,1H3. The van der Waals surface area contributed by atoms with Gasteiger partial charge in [0.15, 0.2) is 0 Å². The summed E-state index contributed by atoms with van der Waals surface area (Å²) in [5, 5.41) is 3.39. The van der Waals surface area contributed by atoms with E-state index < -0.39 is 0 Å². The average molecular weight is 385 g/mol. The van der Waals surface area contributed by atoms with Gasteiger partial charge in [-0.05, 0) is 37.1 Å². The molecule has 2 aromatic rings. The maximum Gasteiger partial charge on any atom is 0.227 e. The zero-order valence-electron chi connectivity index (χ0n) is 16.4. The Hall–Kier alpha value is -2.25. The fraction of sp³-hybridized carbons (Fsp3) is 0.524. The van der Waals surface area contributed by atoms with Gasteiger partial charge < -0.3 is 14.8 Å². The molecule has 0 spiro atoms. The van der Waals surface area contributed by atoms with E-state index in [9.17, 15) is 9.18 Å². The highest BCUT2D eigenvalue weighted by Crippen LogP contribution is 2.27. The molecule has 2 fully saturated rings. The molecule has 150 valence electrons. The van der Waals surface area contributed by atoms with Crippen molar-refractivity contribution in [1.29, 1.82) is 0 Å². The van der Waals surface area contributed by atoms with Crippen LogP contribution in [-0.2, 0) is 18.4 Å². The van der Waals surface area contributed by atoms with Crippen molar-refractivity contribution in [3.63, 3.8) is 0 Å². The second kappa shape index (κ2) is 8.41. The van der Waals surface area contributed by atoms with Gasteiger partial charge in [-0.3, -0.25) is 9.69 Å². The van der Waals surface area contributed by atoms with Crippen molar-refractivity contribution in [2.45, 2.75) is 25.4 Å². The number of aryl methyl sites for hydroxylation is 1. The summed E-state index contributed by atoms with van der Waals surface area (Å²) in [7, 11) is 1.97. The number of likely N-dealkylation sites (tertiary alicyclic amines) is 1. The summed E-state index contributed by atoms with van der Waals surface area (Å²) in [5.41, 5.74) is 0.959. The van der Waals surface area contributed by atoms with E-state index in [1.807, 2.05) is 28.8 Å². The topological polar surface area (TPSA) is 53.4 Å². The first kappa shape index (κ1) is 19.1. The van der Waals surface area contributed by atoms with Crippen LogP contribution in [0.2, 0.25) is 0 Å². The summed E-state index contributed by atoms with van der Waals surface area (Å²) < 4.78 is 15.5. The lowest BCUT2D eigenvalue weighted by Crippen LogP contribution is -2.53. The lowest BCUT2D eigenvalue weighted by atomic mass is 9.95. The molecule has 2 unspecified atom stereocenters. The maximum atomic E-state index is 13.5. The van der Waals surface area contributed by atoms with Gasteiger partial charge in [0.1, 0.15) is 17.7 Å². The van der Waals surface area contributed by atoms with Crippen LogP contribution < -0.4 is 5.32 Å². The van der Waals surface area contributed by atoms with Crippen LogP contribution in [0.3, 0.4) is 0 Å². The Morgan fingerprint density at radius 2 is 2.25 bits per heavy atom. The van der Waals surface area contributed by atoms with E-state index in [0.717, 1.165) is 50.4 Å². The van der Waals surface area contributed by atoms with Crippen molar-refractivity contribution in [2.24, 2.45) is 13.0 Å². The highest BCUT2D eigenvalue weighted by Gasteiger charge is 2.35. The van der Waals surface area contributed by atoms with Gasteiger partial charge in [0.25, 0.3) is 0 Å². The molecule has 0 radical (unpaired) electrons. The van der Waals surface area contributed by atoms with Crippen LogP contribution in [0.1, 0.15) is 30.3 Å². The number of halogens is 1. The highest BCUT2D eigenvalue weighted by atomic mass is 19.1. The van der Waals surface area contributed by atoms with Crippen molar-refractivity contribution in [1.82, 2.24) is 24.7 Å². The molecule has 2 aliphatic heterocycles. The van der Waals surface area contributed by atoms with E-state index >= 15 is 0 Å². The van der Waals surface area contributed by atoms with Gasteiger partial charge in [0.2, 0.25) is 5.91 Å². The number of hydrogen-bond acceptors (Lipinski definition) is 4. The van der Waals surface area contributed by atoms with Gasteiger partial charge >= 0.3 is 0 Å². The number of nitrogens with one attached hydrogen (secondary N) is 1. The van der Waals surface area contributed by atoms with Crippen LogP contribution in [0.25, 0.3) is 0 Å². The van der Waals surface area contributed by atoms with Crippen LogP contribution in [-0.4, -0.2) is 58.0 Å². The van der Waals surface area contributed by atoms with Gasteiger partial charge in [-0.1, -0.05) is 12.1 Å². The van der Waals surface area contributed by atoms with E-state index in [0.29, 0.717) is 13.1 Å². The van der Waals surface area contributed by atoms with Crippen molar-refractivity contribution in [3.05, 3.63) is 53.9 Å². The molecule has 2 atom stereocenters. The largest absolute Gasteiger partial charge is 0.336 e. The Balaban J connectivity index is 1.45.